The number of halogens is 1. The van der Waals surface area contributed by atoms with Gasteiger partial charge in [-0.1, -0.05) is 29.1 Å². The lowest BCUT2D eigenvalue weighted by molar-refractivity contribution is -0.116. The highest BCUT2D eigenvalue weighted by molar-refractivity contribution is 7.98. The molecule has 0 aliphatic heterocycles. The summed E-state index contributed by atoms with van der Waals surface area (Å²) in [6.07, 6.45) is 2.17. The third-order valence-corrected chi connectivity index (χ3v) is 5.18. The molecule has 1 aromatic carbocycles. The van der Waals surface area contributed by atoms with Gasteiger partial charge in [0.2, 0.25) is 17.0 Å². The van der Waals surface area contributed by atoms with E-state index in [1.54, 1.807) is 23.7 Å². The first-order valence-electron chi connectivity index (χ1n) is 8.47. The van der Waals surface area contributed by atoms with Crippen LogP contribution in [0.5, 0.6) is 0 Å². The fraction of sp³-hybridized carbons (Fsp3) is 0.176. The van der Waals surface area contributed by atoms with Crippen LogP contribution < -0.4 is 5.32 Å². The maximum Gasteiger partial charge on any atom is 0.227 e. The molecule has 0 aliphatic rings. The lowest BCUT2D eigenvalue weighted by atomic mass is 10.2. The van der Waals surface area contributed by atoms with Gasteiger partial charge in [-0.25, -0.2) is 14.4 Å². The number of hydrogen-bond acceptors (Lipinski definition) is 9. The number of rotatable bonds is 8. The van der Waals surface area contributed by atoms with E-state index in [1.165, 1.54) is 35.2 Å². The summed E-state index contributed by atoms with van der Waals surface area (Å²) < 4.78 is 18.5. The lowest BCUT2D eigenvalue weighted by Gasteiger charge is -1.98. The Hall–Kier alpha value is -3.12. The van der Waals surface area contributed by atoms with E-state index >= 15 is 0 Å². The number of carbonyl (C=O) groups excluding carboxylic acids is 1. The van der Waals surface area contributed by atoms with Gasteiger partial charge in [-0.3, -0.25) is 9.89 Å². The fourth-order valence-electron chi connectivity index (χ4n) is 2.34. The van der Waals surface area contributed by atoms with Crippen molar-refractivity contribution in [3.63, 3.8) is 0 Å². The highest BCUT2D eigenvalue weighted by Gasteiger charge is 2.12. The van der Waals surface area contributed by atoms with Crippen LogP contribution >= 0.6 is 23.1 Å². The van der Waals surface area contributed by atoms with Crippen molar-refractivity contribution < 1.29 is 13.7 Å². The number of carbonyl (C=O) groups is 1. The van der Waals surface area contributed by atoms with Crippen molar-refractivity contribution in [1.29, 1.82) is 0 Å². The number of aromatic amines is 1. The van der Waals surface area contributed by atoms with Crippen molar-refractivity contribution in [2.24, 2.45) is 0 Å². The molecule has 4 rings (SSSR count). The van der Waals surface area contributed by atoms with Crippen LogP contribution in [-0.2, 0) is 17.0 Å². The molecule has 9 nitrogen and oxygen atoms in total. The highest BCUT2D eigenvalue weighted by Crippen LogP contribution is 2.22. The summed E-state index contributed by atoms with van der Waals surface area (Å²) in [5.41, 5.74) is 0.613. The molecular formula is C17H14FN7O2S2. The molecule has 12 heteroatoms. The standard InChI is InChI=1S/C17H14FN7O2S2/c18-11-3-1-2-10(8-11)15-22-17(24-23-15)29-9-12-20-14(27-25-12)5-4-13(26)21-16-19-6-7-28-16/h1-3,6-8H,4-5,9H2,(H,19,21,26)(H,22,23,24). The van der Waals surface area contributed by atoms with Gasteiger partial charge >= 0.3 is 0 Å². The van der Waals surface area contributed by atoms with Gasteiger partial charge in [-0.05, 0) is 12.1 Å². The summed E-state index contributed by atoms with van der Waals surface area (Å²) in [5, 5.41) is 16.3. The van der Waals surface area contributed by atoms with Crippen LogP contribution in [0.1, 0.15) is 18.1 Å². The Balaban J connectivity index is 1.27. The average molecular weight is 431 g/mol. The normalized spacial score (nSPS) is 10.9. The van der Waals surface area contributed by atoms with Gasteiger partial charge in [0.25, 0.3) is 0 Å². The lowest BCUT2D eigenvalue weighted by Crippen LogP contribution is -2.12. The molecule has 0 unspecified atom stereocenters. The van der Waals surface area contributed by atoms with E-state index in [2.05, 4.69) is 35.6 Å². The number of hydrogen-bond donors (Lipinski definition) is 2. The summed E-state index contributed by atoms with van der Waals surface area (Å²) in [7, 11) is 0. The van der Waals surface area contributed by atoms with E-state index in [1.807, 2.05) is 0 Å². The minimum absolute atomic E-state index is 0.167. The van der Waals surface area contributed by atoms with E-state index in [9.17, 15) is 9.18 Å². The van der Waals surface area contributed by atoms with Crippen LogP contribution in [0.3, 0.4) is 0 Å². The monoisotopic (exact) mass is 431 g/mol. The predicted octanol–water partition coefficient (Wildman–Crippen LogP) is 3.31. The third-order valence-electron chi connectivity index (χ3n) is 3.65. The maximum absolute atomic E-state index is 13.3. The summed E-state index contributed by atoms with van der Waals surface area (Å²) in [5.74, 6) is 1.22. The molecule has 0 saturated carbocycles. The second-order valence-electron chi connectivity index (χ2n) is 5.76. The number of thiazole rings is 1. The first kappa shape index (κ1) is 19.2. The maximum atomic E-state index is 13.3. The summed E-state index contributed by atoms with van der Waals surface area (Å²) >= 11 is 2.67. The Morgan fingerprint density at radius 1 is 1.34 bits per heavy atom. The van der Waals surface area contributed by atoms with E-state index < -0.39 is 0 Å². The molecule has 4 aromatic rings. The number of H-pyrrole nitrogens is 1. The van der Waals surface area contributed by atoms with Crippen LogP contribution in [0.15, 0.2) is 45.5 Å². The highest BCUT2D eigenvalue weighted by atomic mass is 32.2. The second kappa shape index (κ2) is 8.92. The minimum atomic E-state index is -0.340. The van der Waals surface area contributed by atoms with Crippen molar-refractivity contribution in [3.05, 3.63) is 53.4 Å². The predicted molar refractivity (Wildman–Crippen MR) is 105 cm³/mol. The molecule has 2 N–H and O–H groups in total. The molecule has 0 saturated heterocycles. The number of anilines is 1. The number of nitrogens with one attached hydrogen (secondary N) is 2. The van der Waals surface area contributed by atoms with Crippen molar-refractivity contribution in [3.8, 4) is 11.4 Å². The number of aryl methyl sites for hydroxylation is 1. The topological polar surface area (TPSA) is 122 Å². The zero-order valence-corrected chi connectivity index (χ0v) is 16.5. The number of thioether (sulfide) groups is 1. The zero-order chi connectivity index (χ0) is 20.1. The Labute approximate surface area is 172 Å². The molecule has 0 atom stereocenters. The average Bonchev–Trinajstić information content (AvgIpc) is 3.47. The van der Waals surface area contributed by atoms with Gasteiger partial charge in [-0.15, -0.1) is 16.4 Å². The summed E-state index contributed by atoms with van der Waals surface area (Å²) in [6, 6.07) is 6.10. The molecular weight excluding hydrogens is 417 g/mol. The number of benzene rings is 1. The Kier molecular flexibility index (Phi) is 5.91. The summed E-state index contributed by atoms with van der Waals surface area (Å²) in [6.45, 7) is 0. The zero-order valence-electron chi connectivity index (χ0n) is 14.8. The second-order valence-corrected chi connectivity index (χ2v) is 7.59. The van der Waals surface area contributed by atoms with Gasteiger partial charge in [0.15, 0.2) is 16.8 Å². The molecule has 1 amide bonds. The first-order valence-corrected chi connectivity index (χ1v) is 10.3. The van der Waals surface area contributed by atoms with Crippen molar-refractivity contribution in [2.75, 3.05) is 5.32 Å². The molecule has 3 aromatic heterocycles. The van der Waals surface area contributed by atoms with Crippen LogP contribution in [-0.4, -0.2) is 36.2 Å². The Morgan fingerprint density at radius 3 is 3.10 bits per heavy atom. The quantitative estimate of drug-likeness (QED) is 0.407. The van der Waals surface area contributed by atoms with Gasteiger partial charge < -0.3 is 9.84 Å². The Bertz CT molecular complexity index is 1100. The van der Waals surface area contributed by atoms with E-state index in [-0.39, 0.29) is 18.1 Å². The van der Waals surface area contributed by atoms with Gasteiger partial charge in [0.1, 0.15) is 5.82 Å². The first-order chi connectivity index (χ1) is 14.2. The molecule has 29 heavy (non-hydrogen) atoms. The SMILES string of the molecule is O=C(CCc1nc(CSc2n[nH]c(-c3cccc(F)c3)n2)no1)Nc1nccs1. The number of aromatic nitrogens is 6. The smallest absolute Gasteiger partial charge is 0.227 e. The molecule has 148 valence electrons. The van der Waals surface area contributed by atoms with Crippen molar-refractivity contribution >= 4 is 34.1 Å². The van der Waals surface area contributed by atoms with Crippen LogP contribution in [0.2, 0.25) is 0 Å². The molecule has 3 heterocycles. The van der Waals surface area contributed by atoms with Crippen LogP contribution in [0.25, 0.3) is 11.4 Å². The largest absolute Gasteiger partial charge is 0.339 e. The number of amides is 1. The van der Waals surface area contributed by atoms with Gasteiger partial charge in [0, 0.05) is 30.0 Å². The third kappa shape index (κ3) is 5.23. The number of nitrogens with zero attached hydrogens (tertiary/aromatic N) is 5. The minimum Gasteiger partial charge on any atom is -0.339 e. The van der Waals surface area contributed by atoms with Crippen molar-refractivity contribution in [2.45, 2.75) is 23.8 Å². The van der Waals surface area contributed by atoms with Crippen LogP contribution in [0, 0.1) is 5.82 Å². The van der Waals surface area contributed by atoms with E-state index in [0.717, 1.165) is 0 Å². The van der Waals surface area contributed by atoms with Gasteiger partial charge in [0.05, 0.1) is 5.75 Å². The fourth-order valence-corrected chi connectivity index (χ4v) is 3.53. The molecule has 0 spiro atoms. The Morgan fingerprint density at radius 2 is 2.28 bits per heavy atom. The summed E-state index contributed by atoms with van der Waals surface area (Å²) in [4.78, 5) is 24.4. The molecule has 0 aliphatic carbocycles. The molecule has 0 bridgehead atoms. The van der Waals surface area contributed by atoms with Crippen molar-refractivity contribution in [1.82, 2.24) is 30.3 Å². The van der Waals surface area contributed by atoms with E-state index in [4.69, 9.17) is 4.52 Å². The van der Waals surface area contributed by atoms with Crippen LogP contribution in [0.4, 0.5) is 9.52 Å². The van der Waals surface area contributed by atoms with Gasteiger partial charge in [-0.2, -0.15) is 4.98 Å². The molecule has 0 radical (unpaired) electrons. The van der Waals surface area contributed by atoms with E-state index in [0.29, 0.717) is 45.6 Å². The molecule has 0 fully saturated rings.